The van der Waals surface area contributed by atoms with Gasteiger partial charge in [-0.3, -0.25) is 4.79 Å². The summed E-state index contributed by atoms with van der Waals surface area (Å²) in [6.07, 6.45) is 4.35. The fraction of sp³-hybridized carbons (Fsp3) is 0.533. The van der Waals surface area contributed by atoms with Gasteiger partial charge in [0.05, 0.1) is 0 Å². The van der Waals surface area contributed by atoms with Crippen molar-refractivity contribution in [2.45, 2.75) is 39.5 Å². The quantitative estimate of drug-likeness (QED) is 0.590. The van der Waals surface area contributed by atoms with E-state index in [2.05, 4.69) is 5.32 Å². The largest absolute Gasteiger partial charge is 0.352 e. The molecule has 0 bridgehead atoms. The molecule has 0 saturated heterocycles. The van der Waals surface area contributed by atoms with Gasteiger partial charge >= 0.3 is 0 Å². The lowest BCUT2D eigenvalue weighted by Crippen LogP contribution is -2.25. The fourth-order valence-electron chi connectivity index (χ4n) is 1.94. The SMILES string of the molecule is Cc1ccc(C(=O)NCCCCCCCl)c(C)c1. The summed E-state index contributed by atoms with van der Waals surface area (Å²) in [6, 6.07) is 5.91. The highest BCUT2D eigenvalue weighted by molar-refractivity contribution is 6.17. The lowest BCUT2D eigenvalue weighted by atomic mass is 10.1. The van der Waals surface area contributed by atoms with Gasteiger partial charge in [0.1, 0.15) is 0 Å². The van der Waals surface area contributed by atoms with Gasteiger partial charge in [0.2, 0.25) is 0 Å². The molecular weight excluding hydrogens is 246 g/mol. The highest BCUT2D eigenvalue weighted by Crippen LogP contribution is 2.10. The molecule has 0 fully saturated rings. The minimum atomic E-state index is 0.0323. The Bertz CT molecular complexity index is 390. The van der Waals surface area contributed by atoms with E-state index in [4.69, 9.17) is 11.6 Å². The van der Waals surface area contributed by atoms with Gasteiger partial charge < -0.3 is 5.32 Å². The maximum atomic E-state index is 11.9. The number of hydrogen-bond acceptors (Lipinski definition) is 1. The van der Waals surface area contributed by atoms with Crippen LogP contribution in [0.1, 0.15) is 47.2 Å². The van der Waals surface area contributed by atoms with Crippen LogP contribution in [0.15, 0.2) is 18.2 Å². The van der Waals surface area contributed by atoms with Crippen molar-refractivity contribution in [3.8, 4) is 0 Å². The smallest absolute Gasteiger partial charge is 0.251 e. The van der Waals surface area contributed by atoms with E-state index < -0.39 is 0 Å². The van der Waals surface area contributed by atoms with Crippen LogP contribution in [0, 0.1) is 13.8 Å². The normalized spacial score (nSPS) is 10.4. The molecule has 0 aliphatic rings. The van der Waals surface area contributed by atoms with Crippen molar-refractivity contribution < 1.29 is 4.79 Å². The molecule has 1 rings (SSSR count). The first-order chi connectivity index (χ1) is 8.65. The molecule has 3 heteroatoms. The second-order valence-corrected chi connectivity index (χ2v) is 5.06. The summed E-state index contributed by atoms with van der Waals surface area (Å²) in [7, 11) is 0. The number of benzene rings is 1. The number of unbranched alkanes of at least 4 members (excludes halogenated alkanes) is 3. The Labute approximate surface area is 115 Å². The lowest BCUT2D eigenvalue weighted by molar-refractivity contribution is 0.0952. The summed E-state index contributed by atoms with van der Waals surface area (Å²) in [5, 5.41) is 2.96. The molecule has 0 aliphatic carbocycles. The molecule has 0 aliphatic heterocycles. The average molecular weight is 268 g/mol. The number of alkyl halides is 1. The Balaban J connectivity index is 2.32. The summed E-state index contributed by atoms with van der Waals surface area (Å²) in [6.45, 7) is 4.75. The summed E-state index contributed by atoms with van der Waals surface area (Å²) in [5.41, 5.74) is 3.00. The molecule has 0 unspecified atom stereocenters. The molecule has 1 aromatic carbocycles. The topological polar surface area (TPSA) is 29.1 Å². The van der Waals surface area contributed by atoms with Crippen molar-refractivity contribution in [2.24, 2.45) is 0 Å². The predicted molar refractivity (Wildman–Crippen MR) is 77.4 cm³/mol. The zero-order valence-corrected chi connectivity index (χ0v) is 12.0. The monoisotopic (exact) mass is 267 g/mol. The van der Waals surface area contributed by atoms with Crippen LogP contribution in [-0.4, -0.2) is 18.3 Å². The van der Waals surface area contributed by atoms with Crippen LogP contribution in [0.5, 0.6) is 0 Å². The molecule has 0 spiro atoms. The first-order valence-electron chi connectivity index (χ1n) is 6.56. The first-order valence-corrected chi connectivity index (χ1v) is 7.10. The summed E-state index contributed by atoms with van der Waals surface area (Å²) >= 11 is 5.61. The number of amides is 1. The first kappa shape index (κ1) is 15.0. The third-order valence-corrected chi connectivity index (χ3v) is 3.24. The van der Waals surface area contributed by atoms with Crippen LogP contribution in [0.3, 0.4) is 0 Å². The van der Waals surface area contributed by atoms with Crippen molar-refractivity contribution >= 4 is 17.5 Å². The number of rotatable bonds is 7. The minimum absolute atomic E-state index is 0.0323. The number of hydrogen-bond donors (Lipinski definition) is 1. The molecule has 0 radical (unpaired) electrons. The molecule has 0 atom stereocenters. The summed E-state index contributed by atoms with van der Waals surface area (Å²) in [4.78, 5) is 11.9. The van der Waals surface area contributed by atoms with Crippen molar-refractivity contribution in [1.82, 2.24) is 5.32 Å². The van der Waals surface area contributed by atoms with E-state index in [1.54, 1.807) is 0 Å². The maximum Gasteiger partial charge on any atom is 0.251 e. The third-order valence-electron chi connectivity index (χ3n) is 2.97. The Morgan fingerprint density at radius 3 is 2.56 bits per heavy atom. The van der Waals surface area contributed by atoms with Gasteiger partial charge in [0, 0.05) is 18.0 Å². The molecule has 2 nitrogen and oxygen atoms in total. The van der Waals surface area contributed by atoms with E-state index in [0.717, 1.165) is 49.2 Å². The van der Waals surface area contributed by atoms with E-state index in [1.165, 1.54) is 5.56 Å². The van der Waals surface area contributed by atoms with Gasteiger partial charge in [-0.25, -0.2) is 0 Å². The number of carbonyl (C=O) groups excluding carboxylic acids is 1. The highest BCUT2D eigenvalue weighted by Gasteiger charge is 2.07. The van der Waals surface area contributed by atoms with E-state index in [9.17, 15) is 4.79 Å². The average Bonchev–Trinajstić information content (AvgIpc) is 2.33. The Morgan fingerprint density at radius 2 is 1.89 bits per heavy atom. The molecule has 0 aromatic heterocycles. The molecule has 0 heterocycles. The van der Waals surface area contributed by atoms with Crippen LogP contribution in [-0.2, 0) is 0 Å². The Morgan fingerprint density at radius 1 is 1.17 bits per heavy atom. The van der Waals surface area contributed by atoms with Crippen LogP contribution in [0.4, 0.5) is 0 Å². The second-order valence-electron chi connectivity index (χ2n) is 4.68. The van der Waals surface area contributed by atoms with Crippen LogP contribution in [0.2, 0.25) is 0 Å². The maximum absolute atomic E-state index is 11.9. The summed E-state index contributed by atoms with van der Waals surface area (Å²) in [5.74, 6) is 0.763. The van der Waals surface area contributed by atoms with Gasteiger partial charge in [-0.2, -0.15) is 0 Å². The van der Waals surface area contributed by atoms with Crippen molar-refractivity contribution in [2.75, 3.05) is 12.4 Å². The summed E-state index contributed by atoms with van der Waals surface area (Å²) < 4.78 is 0. The van der Waals surface area contributed by atoms with Gasteiger partial charge in [-0.1, -0.05) is 30.5 Å². The van der Waals surface area contributed by atoms with Gasteiger partial charge in [0.15, 0.2) is 0 Å². The van der Waals surface area contributed by atoms with Crippen LogP contribution < -0.4 is 5.32 Å². The molecule has 1 aromatic rings. The zero-order chi connectivity index (χ0) is 13.4. The van der Waals surface area contributed by atoms with E-state index in [-0.39, 0.29) is 5.91 Å². The van der Waals surface area contributed by atoms with Gasteiger partial charge in [-0.15, -0.1) is 11.6 Å². The van der Waals surface area contributed by atoms with Crippen LogP contribution in [0.25, 0.3) is 0 Å². The van der Waals surface area contributed by atoms with Gasteiger partial charge in [-0.05, 0) is 38.3 Å². The molecule has 1 N–H and O–H groups in total. The fourth-order valence-corrected chi connectivity index (χ4v) is 2.13. The standard InChI is InChI=1S/C15H22ClNO/c1-12-7-8-14(13(2)11-12)15(18)17-10-6-4-3-5-9-16/h7-8,11H,3-6,9-10H2,1-2H3,(H,17,18). The molecule has 1 amide bonds. The van der Waals surface area contributed by atoms with E-state index in [0.29, 0.717) is 0 Å². The molecular formula is C15H22ClNO. The Hall–Kier alpha value is -1.02. The van der Waals surface area contributed by atoms with Crippen molar-refractivity contribution in [1.29, 1.82) is 0 Å². The molecule has 100 valence electrons. The number of nitrogens with one attached hydrogen (secondary N) is 1. The van der Waals surface area contributed by atoms with E-state index >= 15 is 0 Å². The lowest BCUT2D eigenvalue weighted by Gasteiger charge is -2.08. The van der Waals surface area contributed by atoms with Crippen molar-refractivity contribution in [3.63, 3.8) is 0 Å². The van der Waals surface area contributed by atoms with Crippen molar-refractivity contribution in [3.05, 3.63) is 34.9 Å². The predicted octanol–water partition coefficient (Wildman–Crippen LogP) is 3.83. The van der Waals surface area contributed by atoms with E-state index in [1.807, 2.05) is 32.0 Å². The number of halogens is 1. The minimum Gasteiger partial charge on any atom is -0.352 e. The molecule has 0 saturated carbocycles. The number of carbonyl (C=O) groups is 1. The Kier molecular flexibility index (Phi) is 6.81. The second kappa shape index (κ2) is 8.15. The van der Waals surface area contributed by atoms with Crippen LogP contribution >= 0.6 is 11.6 Å². The van der Waals surface area contributed by atoms with Gasteiger partial charge in [0.25, 0.3) is 5.91 Å². The number of aryl methyl sites for hydroxylation is 2. The molecule has 18 heavy (non-hydrogen) atoms. The zero-order valence-electron chi connectivity index (χ0n) is 11.3. The third kappa shape index (κ3) is 5.09. The highest BCUT2D eigenvalue weighted by atomic mass is 35.5.